The molecule has 0 atom stereocenters. The lowest BCUT2D eigenvalue weighted by atomic mass is 10.8. The summed E-state index contributed by atoms with van der Waals surface area (Å²) in [5, 5.41) is 19.5. The highest BCUT2D eigenvalue weighted by molar-refractivity contribution is 4.00. The van der Waals surface area contributed by atoms with Crippen LogP contribution in [0.3, 0.4) is 0 Å². The van der Waals surface area contributed by atoms with Crippen molar-refractivity contribution < 1.29 is 10.1 Å². The monoisotopic (exact) mass is 90.0 g/mol. The molecule has 0 aromatic rings. The van der Waals surface area contributed by atoms with Gasteiger partial charge in [0.2, 0.25) is 0 Å². The molecule has 4 nitrogen and oxygen atoms in total. The molecule has 6 heavy (non-hydrogen) atoms. The van der Waals surface area contributed by atoms with Crippen LogP contribution in [0.15, 0.2) is 5.28 Å². The Hall–Kier alpha value is -0.800. The number of nitrogens with zero attached hydrogens (tertiary/aromatic N) is 2. The van der Waals surface area contributed by atoms with E-state index in [0.29, 0.717) is 0 Å². The SMILES string of the molecule is CC/[N+]([O-])=N\O. The number of hydrogen-bond acceptors (Lipinski definition) is 2. The zero-order chi connectivity index (χ0) is 4.99. The Kier molecular flexibility index (Phi) is 2.11. The van der Waals surface area contributed by atoms with E-state index in [9.17, 15) is 5.21 Å². The molecule has 0 heterocycles. The molecule has 36 valence electrons. The minimum atomic E-state index is 0.181. The number of hydrogen-bond donors (Lipinski definition) is 1. The minimum Gasteiger partial charge on any atom is -0.597 e. The maximum atomic E-state index is 9.68. The fraction of sp³-hybridized carbons (Fsp3) is 1.00. The number of hydroxylamine groups is 1. The van der Waals surface area contributed by atoms with Crippen LogP contribution in [-0.2, 0) is 0 Å². The van der Waals surface area contributed by atoms with E-state index in [0.717, 1.165) is 0 Å². The van der Waals surface area contributed by atoms with Crippen molar-refractivity contribution in [1.29, 1.82) is 0 Å². The van der Waals surface area contributed by atoms with E-state index >= 15 is 0 Å². The predicted molar refractivity (Wildman–Crippen MR) is 18.4 cm³/mol. The van der Waals surface area contributed by atoms with Gasteiger partial charge in [-0.25, -0.2) is 0 Å². The summed E-state index contributed by atoms with van der Waals surface area (Å²) in [6, 6.07) is 0. The summed E-state index contributed by atoms with van der Waals surface area (Å²) in [4.78, 5) is 0.181. The lowest BCUT2D eigenvalue weighted by Gasteiger charge is -1.86. The molecular formula is C2H6N2O2. The molecule has 0 aromatic heterocycles. The molecule has 0 saturated carbocycles. The quantitative estimate of drug-likeness (QED) is 0.287. The Morgan fingerprint density at radius 1 is 2.00 bits per heavy atom. The first-order valence-electron chi connectivity index (χ1n) is 1.61. The van der Waals surface area contributed by atoms with Crippen molar-refractivity contribution in [3.63, 3.8) is 0 Å². The Labute approximate surface area is 35.3 Å². The molecule has 0 aliphatic rings. The highest BCUT2D eigenvalue weighted by Crippen LogP contribution is 1.65. The molecule has 0 unspecified atom stereocenters. The van der Waals surface area contributed by atoms with Crippen molar-refractivity contribution in [3.05, 3.63) is 5.21 Å². The predicted octanol–water partition coefficient (Wildman–Crippen LogP) is 0.358. The van der Waals surface area contributed by atoms with E-state index in [-0.39, 0.29) is 11.4 Å². The van der Waals surface area contributed by atoms with Gasteiger partial charge in [-0.15, -0.1) is 0 Å². The van der Waals surface area contributed by atoms with Gasteiger partial charge in [0.25, 0.3) is 0 Å². The van der Waals surface area contributed by atoms with E-state index in [4.69, 9.17) is 5.21 Å². The van der Waals surface area contributed by atoms with Crippen molar-refractivity contribution in [1.82, 2.24) is 0 Å². The van der Waals surface area contributed by atoms with Gasteiger partial charge in [-0.1, -0.05) is 4.86 Å². The lowest BCUT2D eigenvalue weighted by molar-refractivity contribution is -0.552. The summed E-state index contributed by atoms with van der Waals surface area (Å²) in [6.45, 7) is 1.78. The summed E-state index contributed by atoms with van der Waals surface area (Å²) in [5.74, 6) is 0. The largest absolute Gasteiger partial charge is 0.597 e. The van der Waals surface area contributed by atoms with Crippen LogP contribution >= 0.6 is 0 Å². The van der Waals surface area contributed by atoms with Gasteiger partial charge in [-0.2, -0.15) is 0 Å². The van der Waals surface area contributed by atoms with Gasteiger partial charge in [0.15, 0.2) is 11.8 Å². The normalized spacial score (nSPS) is 11.8. The molecule has 0 amide bonds. The summed E-state index contributed by atoms with van der Waals surface area (Å²) >= 11 is 0. The molecule has 0 rings (SSSR count). The standard InChI is InChI=1S/C2H6N2O2/c1-2-4(6)3-5/h5H,2H2,1H3/b4-3+. The van der Waals surface area contributed by atoms with Crippen LogP contribution in [0.25, 0.3) is 0 Å². The fourth-order valence-corrected chi connectivity index (χ4v) is 0.0632. The Balaban J connectivity index is 3.22. The Bertz CT molecular complexity index is 60.6. The van der Waals surface area contributed by atoms with E-state index in [2.05, 4.69) is 5.28 Å². The maximum Gasteiger partial charge on any atom is 0.197 e. The molecule has 4 heteroatoms. The molecule has 0 aliphatic carbocycles. The molecular weight excluding hydrogens is 84.0 g/mol. The minimum absolute atomic E-state index is 0.181. The Morgan fingerprint density at radius 2 is 2.50 bits per heavy atom. The molecule has 0 aromatic carbocycles. The zero-order valence-corrected chi connectivity index (χ0v) is 3.46. The van der Waals surface area contributed by atoms with Crippen LogP contribution in [0, 0.1) is 5.21 Å². The van der Waals surface area contributed by atoms with Gasteiger partial charge in [-0.3, -0.25) is 0 Å². The summed E-state index contributed by atoms with van der Waals surface area (Å²) in [6.07, 6.45) is 0. The van der Waals surface area contributed by atoms with Crippen molar-refractivity contribution in [2.75, 3.05) is 6.54 Å². The third kappa shape index (κ3) is 1.51. The van der Waals surface area contributed by atoms with Gasteiger partial charge >= 0.3 is 0 Å². The second kappa shape index (κ2) is 2.44. The smallest absolute Gasteiger partial charge is 0.197 e. The first-order valence-corrected chi connectivity index (χ1v) is 1.61. The molecule has 0 spiro atoms. The van der Waals surface area contributed by atoms with Crippen LogP contribution < -0.4 is 0 Å². The summed E-state index contributed by atoms with van der Waals surface area (Å²) < 4.78 is 0. The van der Waals surface area contributed by atoms with Gasteiger partial charge in [0.1, 0.15) is 0 Å². The van der Waals surface area contributed by atoms with Crippen LogP contribution in [0.1, 0.15) is 6.92 Å². The van der Waals surface area contributed by atoms with Crippen LogP contribution in [0.5, 0.6) is 0 Å². The topological polar surface area (TPSA) is 58.7 Å². The summed E-state index contributed by atoms with van der Waals surface area (Å²) in [7, 11) is 0. The van der Waals surface area contributed by atoms with E-state index in [1.54, 1.807) is 6.92 Å². The van der Waals surface area contributed by atoms with E-state index in [1.165, 1.54) is 0 Å². The average molecular weight is 90.1 g/mol. The fourth-order valence-electron chi connectivity index (χ4n) is 0.0632. The molecule has 1 N–H and O–H groups in total. The van der Waals surface area contributed by atoms with Crippen molar-refractivity contribution in [2.24, 2.45) is 5.28 Å². The lowest BCUT2D eigenvalue weighted by Crippen LogP contribution is -1.95. The second-order valence-corrected chi connectivity index (χ2v) is 0.758. The van der Waals surface area contributed by atoms with Crippen LogP contribution in [-0.4, -0.2) is 16.6 Å². The Morgan fingerprint density at radius 3 is 2.50 bits per heavy atom. The zero-order valence-electron chi connectivity index (χ0n) is 3.46. The molecule has 0 saturated heterocycles. The molecule has 0 radical (unpaired) electrons. The average Bonchev–Trinajstić information content (AvgIpc) is 1.65. The third-order valence-electron chi connectivity index (χ3n) is 0.370. The first-order chi connectivity index (χ1) is 2.81. The van der Waals surface area contributed by atoms with Crippen molar-refractivity contribution >= 4 is 0 Å². The molecule has 0 aliphatic heterocycles. The molecule has 0 fully saturated rings. The van der Waals surface area contributed by atoms with Gasteiger partial charge in [-0.05, 0) is 6.92 Å². The van der Waals surface area contributed by atoms with Crippen LogP contribution in [0.2, 0.25) is 0 Å². The van der Waals surface area contributed by atoms with Gasteiger partial charge in [0.05, 0.1) is 0 Å². The maximum absolute atomic E-state index is 9.68. The molecule has 0 bridgehead atoms. The highest BCUT2D eigenvalue weighted by atomic mass is 16.6. The number of rotatable bonds is 1. The van der Waals surface area contributed by atoms with Crippen LogP contribution in [0.4, 0.5) is 0 Å². The van der Waals surface area contributed by atoms with Crippen molar-refractivity contribution in [2.45, 2.75) is 6.92 Å². The first kappa shape index (κ1) is 5.20. The van der Waals surface area contributed by atoms with Gasteiger partial charge in [0, 0.05) is 0 Å². The third-order valence-corrected chi connectivity index (χ3v) is 0.370. The van der Waals surface area contributed by atoms with Crippen molar-refractivity contribution in [3.8, 4) is 0 Å². The summed E-state index contributed by atoms with van der Waals surface area (Å²) in [5.41, 5.74) is 0. The van der Waals surface area contributed by atoms with Gasteiger partial charge < -0.3 is 10.4 Å². The van der Waals surface area contributed by atoms with E-state index < -0.39 is 0 Å². The second-order valence-electron chi connectivity index (χ2n) is 0.758. The highest BCUT2D eigenvalue weighted by Gasteiger charge is 1.78. The van der Waals surface area contributed by atoms with E-state index in [1.807, 2.05) is 0 Å².